The molecule has 0 bridgehead atoms. The Kier molecular flexibility index (Phi) is 5.85. The lowest BCUT2D eigenvalue weighted by atomic mass is 10.2. The zero-order valence-corrected chi connectivity index (χ0v) is 18.3. The van der Waals surface area contributed by atoms with Crippen LogP contribution in [0, 0.1) is 0 Å². The van der Waals surface area contributed by atoms with Crippen molar-refractivity contribution in [1.29, 1.82) is 0 Å². The van der Waals surface area contributed by atoms with Gasteiger partial charge in [0.05, 0.1) is 12.7 Å². The molecule has 0 radical (unpaired) electrons. The van der Waals surface area contributed by atoms with E-state index in [4.69, 9.17) is 9.15 Å². The number of nitrogens with zero attached hydrogens (tertiary/aromatic N) is 3. The van der Waals surface area contributed by atoms with Crippen LogP contribution >= 0.6 is 15.9 Å². The Bertz CT molecular complexity index is 1200. The lowest BCUT2D eigenvalue weighted by Crippen LogP contribution is -2.27. The van der Waals surface area contributed by atoms with Gasteiger partial charge in [0, 0.05) is 40.1 Å². The fourth-order valence-electron chi connectivity index (χ4n) is 3.34. The van der Waals surface area contributed by atoms with Crippen LogP contribution in [0.5, 0.6) is 5.75 Å². The number of benzene rings is 2. The average Bonchev–Trinajstić information content (AvgIpc) is 3.37. The van der Waals surface area contributed by atoms with Crippen molar-refractivity contribution in [3.63, 3.8) is 0 Å². The van der Waals surface area contributed by atoms with Crippen molar-refractivity contribution < 1.29 is 13.9 Å². The zero-order chi connectivity index (χ0) is 21.1. The normalized spacial score (nSPS) is 11.0. The van der Waals surface area contributed by atoms with Crippen LogP contribution < -0.4 is 10.1 Å². The van der Waals surface area contributed by atoms with Crippen molar-refractivity contribution >= 4 is 32.7 Å². The van der Waals surface area contributed by atoms with Crippen LogP contribution in [-0.2, 0) is 24.3 Å². The standard InChI is InChI=1S/C22H21BrN4O3/c1-3-21-25-26-22(30-21)17-12-27(18-7-5-4-6-16(17)18)13-20(28)24-11-14-10-15(23)8-9-19(14)29-2/h4-10,12H,3,11,13H2,1-2H3,(H,24,28). The number of halogens is 1. The molecule has 0 saturated heterocycles. The molecule has 0 aliphatic carbocycles. The summed E-state index contributed by atoms with van der Waals surface area (Å²) in [6.45, 7) is 2.51. The van der Waals surface area contributed by atoms with Crippen LogP contribution in [0.1, 0.15) is 18.4 Å². The number of rotatable bonds is 7. The molecule has 0 aliphatic rings. The number of hydrogen-bond donors (Lipinski definition) is 1. The van der Waals surface area contributed by atoms with E-state index in [1.165, 1.54) is 0 Å². The van der Waals surface area contributed by atoms with Crippen LogP contribution in [0.25, 0.3) is 22.4 Å². The number of fused-ring (bicyclic) bond motifs is 1. The minimum atomic E-state index is -0.107. The smallest absolute Gasteiger partial charge is 0.249 e. The fraction of sp³-hybridized carbons (Fsp3) is 0.227. The van der Waals surface area contributed by atoms with Gasteiger partial charge in [0.2, 0.25) is 17.7 Å². The van der Waals surface area contributed by atoms with Gasteiger partial charge in [-0.2, -0.15) is 0 Å². The summed E-state index contributed by atoms with van der Waals surface area (Å²) in [6.07, 6.45) is 2.56. The molecule has 2 heterocycles. The van der Waals surface area contributed by atoms with Gasteiger partial charge in [0.1, 0.15) is 12.3 Å². The minimum absolute atomic E-state index is 0.107. The largest absolute Gasteiger partial charge is 0.496 e. The molecule has 4 aromatic rings. The Balaban J connectivity index is 1.55. The quantitative estimate of drug-likeness (QED) is 0.436. The first kappa shape index (κ1) is 20.2. The number of ether oxygens (including phenoxy) is 1. The Morgan fingerprint density at radius 2 is 2.07 bits per heavy atom. The highest BCUT2D eigenvalue weighted by Gasteiger charge is 2.17. The number of carbonyl (C=O) groups is 1. The summed E-state index contributed by atoms with van der Waals surface area (Å²) >= 11 is 3.45. The van der Waals surface area contributed by atoms with E-state index in [2.05, 4.69) is 31.4 Å². The highest BCUT2D eigenvalue weighted by atomic mass is 79.9. The summed E-state index contributed by atoms with van der Waals surface area (Å²) in [4.78, 5) is 12.7. The average molecular weight is 469 g/mol. The summed E-state index contributed by atoms with van der Waals surface area (Å²) < 4.78 is 13.9. The summed E-state index contributed by atoms with van der Waals surface area (Å²) in [6, 6.07) is 13.6. The maximum atomic E-state index is 12.7. The summed E-state index contributed by atoms with van der Waals surface area (Å²) in [7, 11) is 1.61. The van der Waals surface area contributed by atoms with Gasteiger partial charge < -0.3 is 19.0 Å². The third kappa shape index (κ3) is 4.09. The molecular formula is C22H21BrN4O3. The molecule has 2 aromatic carbocycles. The Morgan fingerprint density at radius 3 is 2.83 bits per heavy atom. The van der Waals surface area contributed by atoms with Crippen molar-refractivity contribution in [2.45, 2.75) is 26.4 Å². The van der Waals surface area contributed by atoms with Crippen molar-refractivity contribution in [1.82, 2.24) is 20.1 Å². The van der Waals surface area contributed by atoms with E-state index >= 15 is 0 Å². The number of hydrogen-bond acceptors (Lipinski definition) is 5. The highest BCUT2D eigenvalue weighted by Crippen LogP contribution is 2.30. The molecule has 7 nitrogen and oxygen atoms in total. The molecule has 0 saturated carbocycles. The first-order valence-corrected chi connectivity index (χ1v) is 10.4. The predicted octanol–water partition coefficient (Wildman–Crippen LogP) is 4.34. The fourth-order valence-corrected chi connectivity index (χ4v) is 3.75. The Morgan fingerprint density at radius 1 is 1.23 bits per heavy atom. The van der Waals surface area contributed by atoms with Gasteiger partial charge in [-0.1, -0.05) is 41.1 Å². The van der Waals surface area contributed by atoms with Gasteiger partial charge in [0.25, 0.3) is 0 Å². The van der Waals surface area contributed by atoms with E-state index in [-0.39, 0.29) is 12.5 Å². The molecule has 1 N–H and O–H groups in total. The van der Waals surface area contributed by atoms with Gasteiger partial charge in [-0.15, -0.1) is 10.2 Å². The second-order valence-electron chi connectivity index (χ2n) is 6.78. The summed E-state index contributed by atoms with van der Waals surface area (Å²) in [5.41, 5.74) is 2.65. The topological polar surface area (TPSA) is 82.2 Å². The molecule has 154 valence electrons. The number of aryl methyl sites for hydroxylation is 1. The molecular weight excluding hydrogens is 448 g/mol. The van der Waals surface area contributed by atoms with Crippen LogP contribution in [0.4, 0.5) is 0 Å². The second kappa shape index (κ2) is 8.71. The molecule has 0 spiro atoms. The number of carbonyl (C=O) groups excluding carboxylic acids is 1. The minimum Gasteiger partial charge on any atom is -0.496 e. The SMILES string of the molecule is CCc1nnc(-c2cn(CC(=O)NCc3cc(Br)ccc3OC)c3ccccc23)o1. The van der Waals surface area contributed by atoms with E-state index < -0.39 is 0 Å². The monoisotopic (exact) mass is 468 g/mol. The Labute approximate surface area is 182 Å². The van der Waals surface area contributed by atoms with E-state index in [1.807, 2.05) is 60.2 Å². The van der Waals surface area contributed by atoms with E-state index in [1.54, 1.807) is 7.11 Å². The van der Waals surface area contributed by atoms with Crippen molar-refractivity contribution in [3.05, 3.63) is 64.6 Å². The number of nitrogens with one attached hydrogen (secondary N) is 1. The maximum Gasteiger partial charge on any atom is 0.249 e. The van der Waals surface area contributed by atoms with Gasteiger partial charge in [-0.05, 0) is 24.3 Å². The van der Waals surface area contributed by atoms with Gasteiger partial charge in [-0.25, -0.2) is 0 Å². The third-order valence-corrected chi connectivity index (χ3v) is 5.31. The number of methoxy groups -OCH3 is 1. The first-order valence-electron chi connectivity index (χ1n) is 9.58. The molecule has 1 amide bonds. The van der Waals surface area contributed by atoms with E-state index in [0.29, 0.717) is 24.7 Å². The molecule has 30 heavy (non-hydrogen) atoms. The van der Waals surface area contributed by atoms with Crippen LogP contribution in [0.3, 0.4) is 0 Å². The van der Waals surface area contributed by atoms with Gasteiger partial charge in [0.15, 0.2) is 0 Å². The lowest BCUT2D eigenvalue weighted by molar-refractivity contribution is -0.121. The van der Waals surface area contributed by atoms with Crippen LogP contribution in [0.2, 0.25) is 0 Å². The molecule has 8 heteroatoms. The molecule has 0 aliphatic heterocycles. The molecule has 2 aromatic heterocycles. The van der Waals surface area contributed by atoms with Crippen molar-refractivity contribution in [2.24, 2.45) is 0 Å². The number of amides is 1. The van der Waals surface area contributed by atoms with Crippen molar-refractivity contribution in [2.75, 3.05) is 7.11 Å². The van der Waals surface area contributed by atoms with Crippen LogP contribution in [0.15, 0.2) is 57.6 Å². The Hall–Kier alpha value is -3.13. The molecule has 4 rings (SSSR count). The van der Waals surface area contributed by atoms with Crippen molar-refractivity contribution in [3.8, 4) is 17.2 Å². The lowest BCUT2D eigenvalue weighted by Gasteiger charge is -2.11. The molecule has 0 fully saturated rings. The van der Waals surface area contributed by atoms with E-state index in [0.717, 1.165) is 32.3 Å². The van der Waals surface area contributed by atoms with Crippen LogP contribution in [-0.4, -0.2) is 27.8 Å². The predicted molar refractivity (Wildman–Crippen MR) is 117 cm³/mol. The summed E-state index contributed by atoms with van der Waals surface area (Å²) in [5, 5.41) is 12.1. The molecule has 0 unspecified atom stereocenters. The summed E-state index contributed by atoms with van der Waals surface area (Å²) in [5.74, 6) is 1.67. The van der Waals surface area contributed by atoms with E-state index in [9.17, 15) is 4.79 Å². The van der Waals surface area contributed by atoms with Gasteiger partial charge in [-0.3, -0.25) is 4.79 Å². The van der Waals surface area contributed by atoms with Gasteiger partial charge >= 0.3 is 0 Å². The zero-order valence-electron chi connectivity index (χ0n) is 16.7. The highest BCUT2D eigenvalue weighted by molar-refractivity contribution is 9.10. The molecule has 0 atom stereocenters. The number of aromatic nitrogens is 3. The first-order chi connectivity index (χ1) is 14.6. The third-order valence-electron chi connectivity index (χ3n) is 4.82. The maximum absolute atomic E-state index is 12.7. The second-order valence-corrected chi connectivity index (χ2v) is 7.69. The number of para-hydroxylation sites is 1.